The number of amidine groups is 1. The van der Waals surface area contributed by atoms with Crippen LogP contribution in [0.3, 0.4) is 0 Å². The minimum atomic E-state index is 0.523. The van der Waals surface area contributed by atoms with Crippen LogP contribution >= 0.6 is 0 Å². The van der Waals surface area contributed by atoms with Crippen molar-refractivity contribution in [1.29, 1.82) is 0 Å². The summed E-state index contributed by atoms with van der Waals surface area (Å²) in [6, 6.07) is 61.0. The number of hydrogen-bond donors (Lipinski definition) is 2. The molecule has 0 spiro atoms. The summed E-state index contributed by atoms with van der Waals surface area (Å²) in [4.78, 5) is 12.0. The van der Waals surface area contributed by atoms with Crippen molar-refractivity contribution >= 4 is 33.9 Å². The number of H-pyrrole nitrogens is 1. The Kier molecular flexibility index (Phi) is 9.72. The van der Waals surface area contributed by atoms with Gasteiger partial charge in [-0.25, -0.2) is 9.98 Å². The lowest BCUT2D eigenvalue weighted by Crippen LogP contribution is -2.01. The van der Waals surface area contributed by atoms with Crippen molar-refractivity contribution in [2.24, 2.45) is 15.9 Å². The van der Waals surface area contributed by atoms with Gasteiger partial charge in [-0.05, 0) is 88.8 Å². The molecule has 0 aliphatic carbocycles. The molecule has 0 saturated carbocycles. The molecule has 0 aliphatic rings. The predicted molar refractivity (Wildman–Crippen MR) is 225 cm³/mol. The topological polar surface area (TPSA) is 84.3 Å². The van der Waals surface area contributed by atoms with Gasteiger partial charge in [0.25, 0.3) is 0 Å². The molecule has 7 aromatic carbocycles. The Morgan fingerprint density at radius 1 is 0.593 bits per heavy atom. The second kappa shape index (κ2) is 15.5. The van der Waals surface area contributed by atoms with Gasteiger partial charge < -0.3 is 15.4 Å². The lowest BCUT2D eigenvalue weighted by Gasteiger charge is -2.10. The Hall–Kier alpha value is -7.31. The number of aliphatic imine (C=N–C) groups is 1. The number of fused-ring (bicyclic) bond motifs is 3. The van der Waals surface area contributed by atoms with E-state index >= 15 is 0 Å². The summed E-state index contributed by atoms with van der Waals surface area (Å²) in [6.07, 6.45) is 5.42. The monoisotopic (exact) mass is 698 g/mol. The van der Waals surface area contributed by atoms with Crippen LogP contribution in [0, 0.1) is 6.92 Å². The van der Waals surface area contributed by atoms with Gasteiger partial charge in [0, 0.05) is 46.2 Å². The van der Waals surface area contributed by atoms with Gasteiger partial charge in [-0.3, -0.25) is 0 Å². The summed E-state index contributed by atoms with van der Waals surface area (Å²) in [6.45, 7) is 2.17. The largest absolute Gasteiger partial charge is 0.345 e. The fraction of sp³-hybridized carbons (Fsp3) is 0.0208. The van der Waals surface area contributed by atoms with E-state index in [9.17, 15) is 0 Å². The number of aromatic amines is 1. The van der Waals surface area contributed by atoms with Crippen LogP contribution in [0.1, 0.15) is 16.7 Å². The number of nitrogens with one attached hydrogen (secondary N) is 1. The summed E-state index contributed by atoms with van der Waals surface area (Å²) in [7, 11) is 0. The molecule has 0 unspecified atom stereocenters. The zero-order chi connectivity index (χ0) is 36.7. The van der Waals surface area contributed by atoms with E-state index in [1.165, 1.54) is 49.6 Å². The van der Waals surface area contributed by atoms with E-state index in [1.807, 2.05) is 66.9 Å². The van der Waals surface area contributed by atoms with Gasteiger partial charge in [0.1, 0.15) is 5.82 Å². The summed E-state index contributed by atoms with van der Waals surface area (Å²) < 4.78 is 2.35. The van der Waals surface area contributed by atoms with Gasteiger partial charge in [0.2, 0.25) is 0 Å². The average Bonchev–Trinajstić information content (AvgIpc) is 3.89. The number of aromatic nitrogens is 3. The van der Waals surface area contributed by atoms with Crippen molar-refractivity contribution in [2.45, 2.75) is 6.92 Å². The molecule has 2 aromatic heterocycles. The molecule has 260 valence electrons. The van der Waals surface area contributed by atoms with Crippen molar-refractivity contribution in [3.63, 3.8) is 0 Å². The summed E-state index contributed by atoms with van der Waals surface area (Å²) in [5, 5.41) is 6.13. The van der Waals surface area contributed by atoms with Crippen LogP contribution in [0.5, 0.6) is 0 Å². The molecule has 0 bridgehead atoms. The maximum atomic E-state index is 5.34. The van der Waals surface area contributed by atoms with Crippen LogP contribution in [-0.4, -0.2) is 26.6 Å². The molecule has 0 saturated heterocycles. The summed E-state index contributed by atoms with van der Waals surface area (Å²) in [5.41, 5.74) is 12.7. The highest BCUT2D eigenvalue weighted by Crippen LogP contribution is 2.37. The van der Waals surface area contributed by atoms with Gasteiger partial charge in [0.15, 0.2) is 5.84 Å². The summed E-state index contributed by atoms with van der Waals surface area (Å²) in [5.74, 6) is 6.75. The van der Waals surface area contributed by atoms with E-state index in [1.54, 1.807) is 12.4 Å². The van der Waals surface area contributed by atoms with Gasteiger partial charge in [-0.15, -0.1) is 0 Å². The summed E-state index contributed by atoms with van der Waals surface area (Å²) >= 11 is 0. The Morgan fingerprint density at radius 3 is 1.80 bits per heavy atom. The van der Waals surface area contributed by atoms with E-state index in [2.05, 4.69) is 147 Å². The highest BCUT2D eigenvalue weighted by molar-refractivity contribution is 6.11. The van der Waals surface area contributed by atoms with E-state index < -0.39 is 0 Å². The lowest BCUT2D eigenvalue weighted by atomic mass is 9.95. The van der Waals surface area contributed by atoms with Crippen LogP contribution in [-0.2, 0) is 0 Å². The highest BCUT2D eigenvalue weighted by Gasteiger charge is 2.15. The average molecular weight is 699 g/mol. The first-order valence-corrected chi connectivity index (χ1v) is 17.9. The van der Waals surface area contributed by atoms with Crippen molar-refractivity contribution in [3.05, 3.63) is 205 Å². The van der Waals surface area contributed by atoms with Crippen LogP contribution in [0.2, 0.25) is 0 Å². The third-order valence-electron chi connectivity index (χ3n) is 9.36. The molecule has 6 nitrogen and oxygen atoms in total. The fourth-order valence-electron chi connectivity index (χ4n) is 6.82. The fourth-order valence-corrected chi connectivity index (χ4v) is 6.82. The van der Waals surface area contributed by atoms with Crippen molar-refractivity contribution in [3.8, 4) is 39.3 Å². The maximum Gasteiger partial charge on any atom is 0.178 e. The Labute approximate surface area is 314 Å². The number of nitrogens with zero attached hydrogens (tertiary/aromatic N) is 4. The SMILES string of the molecule is Cc1cc(-c2ccccc2)cc(-c2ccc3c(c2)c2cc(-c4ncc[nH]4)ccc2n3-c2ccccc2)c1.N/N=C(\N=Cc1ccccc1)c1ccccc1. The van der Waals surface area contributed by atoms with Crippen molar-refractivity contribution in [1.82, 2.24) is 14.5 Å². The van der Waals surface area contributed by atoms with E-state index in [0.717, 1.165) is 28.2 Å². The molecule has 0 radical (unpaired) electrons. The molecular weight excluding hydrogens is 661 g/mol. The zero-order valence-corrected chi connectivity index (χ0v) is 29.8. The number of imidazole rings is 1. The van der Waals surface area contributed by atoms with Gasteiger partial charge >= 0.3 is 0 Å². The minimum absolute atomic E-state index is 0.523. The third kappa shape index (κ3) is 7.22. The number of benzene rings is 7. The number of nitrogens with two attached hydrogens (primary N) is 1. The van der Waals surface area contributed by atoms with Crippen molar-refractivity contribution < 1.29 is 0 Å². The quantitative estimate of drug-likeness (QED) is 0.0784. The van der Waals surface area contributed by atoms with E-state index in [0.29, 0.717) is 5.84 Å². The Bertz CT molecular complexity index is 2700. The molecule has 3 N–H and O–H groups in total. The first-order chi connectivity index (χ1) is 26.6. The van der Waals surface area contributed by atoms with E-state index in [-0.39, 0.29) is 0 Å². The van der Waals surface area contributed by atoms with Crippen LogP contribution in [0.15, 0.2) is 198 Å². The second-order valence-electron chi connectivity index (χ2n) is 13.0. The van der Waals surface area contributed by atoms with Crippen LogP contribution in [0.4, 0.5) is 0 Å². The van der Waals surface area contributed by atoms with Gasteiger partial charge in [-0.2, -0.15) is 5.10 Å². The number of rotatable bonds is 6. The lowest BCUT2D eigenvalue weighted by molar-refractivity contribution is 1.18. The normalized spacial score (nSPS) is 11.5. The van der Waals surface area contributed by atoms with Gasteiger partial charge in [0.05, 0.1) is 11.0 Å². The second-order valence-corrected chi connectivity index (χ2v) is 13.0. The maximum absolute atomic E-state index is 5.34. The van der Waals surface area contributed by atoms with Crippen molar-refractivity contribution in [2.75, 3.05) is 0 Å². The smallest absolute Gasteiger partial charge is 0.178 e. The molecule has 9 rings (SSSR count). The standard InChI is InChI=1S/C34H25N3.C14H13N3/c1-23-18-27(24-8-4-2-5-9-24)20-28(19-23)25-12-14-32-30(21-25)31-22-26(34-35-16-17-36-34)13-15-33(31)37(32)29-10-6-3-7-11-29;15-17-14(13-9-5-2-6-10-13)16-11-12-7-3-1-4-8-12/h2-22H,1H3,(H,35,36);1-11H,15H2/b;16-11?,17-14-. The molecular formula is C48H38N6. The van der Waals surface area contributed by atoms with Gasteiger partial charge in [-0.1, -0.05) is 127 Å². The van der Waals surface area contributed by atoms with Crippen LogP contribution in [0.25, 0.3) is 61.1 Å². The molecule has 6 heteroatoms. The third-order valence-corrected chi connectivity index (χ3v) is 9.36. The Morgan fingerprint density at radius 2 is 1.17 bits per heavy atom. The number of aryl methyl sites for hydroxylation is 1. The molecule has 0 fully saturated rings. The molecule has 0 amide bonds. The van der Waals surface area contributed by atoms with E-state index in [4.69, 9.17) is 5.84 Å². The molecule has 9 aromatic rings. The zero-order valence-electron chi connectivity index (χ0n) is 29.8. The highest BCUT2D eigenvalue weighted by atomic mass is 15.2. The first kappa shape index (κ1) is 33.8. The first-order valence-electron chi connectivity index (χ1n) is 17.9. The predicted octanol–water partition coefficient (Wildman–Crippen LogP) is 11.2. The molecule has 2 heterocycles. The molecule has 0 aliphatic heterocycles. The number of hydrogen-bond acceptors (Lipinski definition) is 3. The van der Waals surface area contributed by atoms with Crippen LogP contribution < -0.4 is 5.84 Å². The number of para-hydroxylation sites is 1. The number of hydrazone groups is 1. The Balaban J connectivity index is 0.000000204. The molecule has 54 heavy (non-hydrogen) atoms. The minimum Gasteiger partial charge on any atom is -0.345 e. The molecule has 0 atom stereocenters.